The fourth-order valence-electron chi connectivity index (χ4n) is 2.36. The normalized spacial score (nSPS) is 20.4. The molecule has 0 bridgehead atoms. The van der Waals surface area contributed by atoms with Crippen LogP contribution in [0, 0.1) is 6.92 Å². The van der Waals surface area contributed by atoms with E-state index < -0.39 is 0 Å². The number of nitrogens with zero attached hydrogens (tertiary/aromatic N) is 1. The van der Waals surface area contributed by atoms with Crippen LogP contribution < -0.4 is 15.0 Å². The molecule has 0 aliphatic carbocycles. The standard InChI is InChI=1S/C14H22N2O/c1-4-12-10-16(8-7-15-12)13-9-11(2)5-6-14(13)17-3/h5-6,9,12,15H,4,7-8,10H2,1-3H3. The van der Waals surface area contributed by atoms with Crippen LogP contribution in [0.3, 0.4) is 0 Å². The van der Waals surface area contributed by atoms with Crippen LogP contribution in [-0.2, 0) is 0 Å². The fraction of sp³-hybridized carbons (Fsp3) is 0.571. The van der Waals surface area contributed by atoms with Gasteiger partial charge in [-0.15, -0.1) is 0 Å². The zero-order valence-corrected chi connectivity index (χ0v) is 11.0. The van der Waals surface area contributed by atoms with Gasteiger partial charge < -0.3 is 15.0 Å². The van der Waals surface area contributed by atoms with Crippen molar-refractivity contribution in [3.05, 3.63) is 23.8 Å². The van der Waals surface area contributed by atoms with Gasteiger partial charge in [-0.05, 0) is 31.0 Å². The number of ether oxygens (including phenoxy) is 1. The largest absolute Gasteiger partial charge is 0.495 e. The second-order valence-electron chi connectivity index (χ2n) is 4.68. The molecule has 3 heteroatoms. The van der Waals surface area contributed by atoms with Gasteiger partial charge in [0.05, 0.1) is 12.8 Å². The number of methoxy groups -OCH3 is 1. The molecule has 0 aromatic heterocycles. The summed E-state index contributed by atoms with van der Waals surface area (Å²) < 4.78 is 5.46. The smallest absolute Gasteiger partial charge is 0.142 e. The lowest BCUT2D eigenvalue weighted by molar-refractivity contribution is 0.406. The van der Waals surface area contributed by atoms with Crippen molar-refractivity contribution < 1.29 is 4.74 Å². The van der Waals surface area contributed by atoms with Gasteiger partial charge in [0, 0.05) is 25.7 Å². The predicted octanol–water partition coefficient (Wildman–Crippen LogP) is 2.19. The van der Waals surface area contributed by atoms with Gasteiger partial charge in [-0.25, -0.2) is 0 Å². The van der Waals surface area contributed by atoms with Crippen molar-refractivity contribution in [3.63, 3.8) is 0 Å². The van der Waals surface area contributed by atoms with Crippen LogP contribution in [0.15, 0.2) is 18.2 Å². The summed E-state index contributed by atoms with van der Waals surface area (Å²) in [5, 5.41) is 3.54. The second-order valence-corrected chi connectivity index (χ2v) is 4.68. The monoisotopic (exact) mass is 234 g/mol. The Morgan fingerprint density at radius 1 is 1.47 bits per heavy atom. The molecule has 1 N–H and O–H groups in total. The molecule has 0 radical (unpaired) electrons. The maximum atomic E-state index is 5.46. The van der Waals surface area contributed by atoms with E-state index in [2.05, 4.69) is 42.3 Å². The van der Waals surface area contributed by atoms with E-state index in [9.17, 15) is 0 Å². The molecule has 1 saturated heterocycles. The highest BCUT2D eigenvalue weighted by Crippen LogP contribution is 2.30. The molecular formula is C14H22N2O. The molecule has 1 atom stereocenters. The SMILES string of the molecule is CCC1CN(c2cc(C)ccc2OC)CCN1. The molecule has 0 amide bonds. The highest BCUT2D eigenvalue weighted by molar-refractivity contribution is 5.60. The van der Waals surface area contributed by atoms with E-state index in [0.717, 1.165) is 25.4 Å². The molecule has 1 unspecified atom stereocenters. The molecule has 0 spiro atoms. The van der Waals surface area contributed by atoms with Gasteiger partial charge >= 0.3 is 0 Å². The molecule has 1 fully saturated rings. The first-order valence-electron chi connectivity index (χ1n) is 6.37. The van der Waals surface area contributed by atoms with E-state index in [4.69, 9.17) is 4.74 Å². The summed E-state index contributed by atoms with van der Waals surface area (Å²) in [5.74, 6) is 0.979. The molecule has 0 saturated carbocycles. The van der Waals surface area contributed by atoms with E-state index in [1.54, 1.807) is 7.11 Å². The number of piperazine rings is 1. The summed E-state index contributed by atoms with van der Waals surface area (Å²) in [7, 11) is 1.74. The number of aryl methyl sites for hydroxylation is 1. The number of hydrogen-bond donors (Lipinski definition) is 1. The number of benzene rings is 1. The van der Waals surface area contributed by atoms with Crippen LogP contribution in [0.25, 0.3) is 0 Å². The Morgan fingerprint density at radius 3 is 3.00 bits per heavy atom. The lowest BCUT2D eigenvalue weighted by Crippen LogP contribution is -2.50. The Labute approximate surface area is 104 Å². The summed E-state index contributed by atoms with van der Waals surface area (Å²) in [5.41, 5.74) is 2.51. The zero-order chi connectivity index (χ0) is 12.3. The Hall–Kier alpha value is -1.22. The summed E-state index contributed by atoms with van der Waals surface area (Å²) in [6.07, 6.45) is 1.17. The number of nitrogens with one attached hydrogen (secondary N) is 1. The maximum absolute atomic E-state index is 5.46. The van der Waals surface area contributed by atoms with E-state index in [0.29, 0.717) is 6.04 Å². The van der Waals surface area contributed by atoms with Crippen LogP contribution >= 0.6 is 0 Å². The third-order valence-electron chi connectivity index (χ3n) is 3.42. The molecule has 1 aromatic rings. The highest BCUT2D eigenvalue weighted by Gasteiger charge is 2.20. The van der Waals surface area contributed by atoms with Gasteiger partial charge in [0.1, 0.15) is 5.75 Å². The molecule has 1 aliphatic rings. The number of hydrogen-bond acceptors (Lipinski definition) is 3. The second kappa shape index (κ2) is 5.41. The van der Waals surface area contributed by atoms with Crippen molar-refractivity contribution in [2.75, 3.05) is 31.6 Å². The highest BCUT2D eigenvalue weighted by atomic mass is 16.5. The Bertz CT molecular complexity index is 378. The molecule has 1 aromatic carbocycles. The minimum atomic E-state index is 0.592. The molecule has 1 aliphatic heterocycles. The van der Waals surface area contributed by atoms with Gasteiger partial charge in [0.2, 0.25) is 0 Å². The van der Waals surface area contributed by atoms with Crippen LogP contribution in [-0.4, -0.2) is 32.8 Å². The van der Waals surface area contributed by atoms with Crippen LogP contribution in [0.4, 0.5) is 5.69 Å². The van der Waals surface area contributed by atoms with Gasteiger partial charge in [0.15, 0.2) is 0 Å². The van der Waals surface area contributed by atoms with Crippen LogP contribution in [0.1, 0.15) is 18.9 Å². The molecular weight excluding hydrogens is 212 g/mol. The molecule has 3 nitrogen and oxygen atoms in total. The van der Waals surface area contributed by atoms with Crippen molar-refractivity contribution in [1.29, 1.82) is 0 Å². The third-order valence-corrected chi connectivity index (χ3v) is 3.42. The van der Waals surface area contributed by atoms with E-state index in [1.165, 1.54) is 17.7 Å². The Balaban J connectivity index is 2.22. The van der Waals surface area contributed by atoms with Gasteiger partial charge in [0.25, 0.3) is 0 Å². The van der Waals surface area contributed by atoms with E-state index in [-0.39, 0.29) is 0 Å². The first-order valence-corrected chi connectivity index (χ1v) is 6.37. The summed E-state index contributed by atoms with van der Waals surface area (Å²) in [6, 6.07) is 6.97. The lowest BCUT2D eigenvalue weighted by Gasteiger charge is -2.35. The summed E-state index contributed by atoms with van der Waals surface area (Å²) in [6.45, 7) is 7.53. The zero-order valence-electron chi connectivity index (χ0n) is 11.0. The average molecular weight is 234 g/mol. The van der Waals surface area contributed by atoms with Crippen molar-refractivity contribution >= 4 is 5.69 Å². The van der Waals surface area contributed by atoms with Crippen molar-refractivity contribution in [2.24, 2.45) is 0 Å². The molecule has 2 rings (SSSR count). The van der Waals surface area contributed by atoms with Gasteiger partial charge in [-0.3, -0.25) is 0 Å². The van der Waals surface area contributed by atoms with E-state index in [1.807, 2.05) is 0 Å². The maximum Gasteiger partial charge on any atom is 0.142 e. The fourth-order valence-corrected chi connectivity index (χ4v) is 2.36. The average Bonchev–Trinajstić information content (AvgIpc) is 2.39. The van der Waals surface area contributed by atoms with Crippen molar-refractivity contribution in [2.45, 2.75) is 26.3 Å². The lowest BCUT2D eigenvalue weighted by atomic mass is 10.1. The minimum Gasteiger partial charge on any atom is -0.495 e. The summed E-state index contributed by atoms with van der Waals surface area (Å²) >= 11 is 0. The molecule has 1 heterocycles. The predicted molar refractivity (Wildman–Crippen MR) is 72.0 cm³/mol. The van der Waals surface area contributed by atoms with Crippen LogP contribution in [0.2, 0.25) is 0 Å². The topological polar surface area (TPSA) is 24.5 Å². The molecule has 17 heavy (non-hydrogen) atoms. The Morgan fingerprint density at radius 2 is 2.29 bits per heavy atom. The molecule has 94 valence electrons. The van der Waals surface area contributed by atoms with Crippen molar-refractivity contribution in [3.8, 4) is 5.75 Å². The first kappa shape index (κ1) is 12.2. The first-order chi connectivity index (χ1) is 8.24. The Kier molecular flexibility index (Phi) is 3.89. The number of anilines is 1. The van der Waals surface area contributed by atoms with Crippen molar-refractivity contribution in [1.82, 2.24) is 5.32 Å². The minimum absolute atomic E-state index is 0.592. The van der Waals surface area contributed by atoms with Crippen LogP contribution in [0.5, 0.6) is 5.75 Å². The van der Waals surface area contributed by atoms with Gasteiger partial charge in [-0.1, -0.05) is 13.0 Å². The quantitative estimate of drug-likeness (QED) is 0.867. The summed E-state index contributed by atoms with van der Waals surface area (Å²) in [4.78, 5) is 2.43. The third kappa shape index (κ3) is 2.72. The van der Waals surface area contributed by atoms with Gasteiger partial charge in [-0.2, -0.15) is 0 Å². The number of rotatable bonds is 3. The van der Waals surface area contributed by atoms with E-state index >= 15 is 0 Å².